The minimum Gasteiger partial charge on any atom is -0.480 e. The van der Waals surface area contributed by atoms with Crippen molar-refractivity contribution in [3.05, 3.63) is 0 Å². The third-order valence-electron chi connectivity index (χ3n) is 12.8. The number of amides is 1. The molecule has 0 aliphatic heterocycles. The Bertz CT molecular complexity index is 965. The second-order valence-electron chi connectivity index (χ2n) is 15.1. The fourth-order valence-electron chi connectivity index (χ4n) is 9.64. The Balaban J connectivity index is 1.41. The van der Waals surface area contributed by atoms with E-state index in [9.17, 15) is 19.5 Å². The summed E-state index contributed by atoms with van der Waals surface area (Å²) in [6.45, 7) is 14.5. The molecule has 4 saturated carbocycles. The van der Waals surface area contributed by atoms with Crippen molar-refractivity contribution in [2.75, 3.05) is 0 Å². The van der Waals surface area contributed by atoms with Crippen LogP contribution in [0.1, 0.15) is 119 Å². The van der Waals surface area contributed by atoms with Crippen molar-refractivity contribution < 1.29 is 29.3 Å². The molecule has 7 nitrogen and oxygen atoms in total. The van der Waals surface area contributed by atoms with Gasteiger partial charge in [-0.15, -0.1) is 0 Å². The van der Waals surface area contributed by atoms with E-state index < -0.39 is 17.4 Å². The molecule has 0 radical (unpaired) electrons. The number of aliphatic carboxylic acids is 1. The highest BCUT2D eigenvalue weighted by molar-refractivity contribution is 5.83. The first-order valence-electron chi connectivity index (χ1n) is 16.1. The maximum Gasteiger partial charge on any atom is 0.325 e. The molecule has 4 aliphatic rings. The van der Waals surface area contributed by atoms with Gasteiger partial charge in [0.1, 0.15) is 12.1 Å². The highest BCUT2D eigenvalue weighted by Gasteiger charge is 2.64. The number of fused-ring (bicyclic) bond motifs is 5. The summed E-state index contributed by atoms with van der Waals surface area (Å²) in [4.78, 5) is 36.2. The van der Waals surface area contributed by atoms with E-state index >= 15 is 0 Å². The van der Waals surface area contributed by atoms with E-state index in [4.69, 9.17) is 9.84 Å². The number of hydrogen-bond acceptors (Lipinski definition) is 5. The molecule has 0 saturated heterocycles. The average Bonchev–Trinajstić information content (AvgIpc) is 3.26. The number of aliphatic hydroxyl groups is 1. The van der Waals surface area contributed by atoms with Crippen LogP contribution in [-0.4, -0.2) is 46.3 Å². The van der Waals surface area contributed by atoms with Gasteiger partial charge in [-0.1, -0.05) is 27.7 Å². The fourth-order valence-corrected chi connectivity index (χ4v) is 9.64. The van der Waals surface area contributed by atoms with E-state index in [0.717, 1.165) is 44.9 Å². The number of carbonyl (C=O) groups is 3. The molecule has 228 valence electrons. The lowest BCUT2D eigenvalue weighted by Crippen LogP contribution is -2.59. The van der Waals surface area contributed by atoms with E-state index in [0.29, 0.717) is 42.4 Å². The third-order valence-corrected chi connectivity index (χ3v) is 12.8. The molecule has 3 N–H and O–H groups in total. The molecule has 4 fully saturated rings. The monoisotopic (exact) mass is 561 g/mol. The molecule has 11 unspecified atom stereocenters. The lowest BCUT2D eigenvalue weighted by molar-refractivity contribution is -0.185. The molecule has 1 amide bonds. The number of carboxylic acid groups (broad SMARTS) is 1. The Hall–Kier alpha value is -1.63. The molecule has 0 aromatic rings. The first-order chi connectivity index (χ1) is 18.6. The van der Waals surface area contributed by atoms with Gasteiger partial charge in [0.2, 0.25) is 5.91 Å². The summed E-state index contributed by atoms with van der Waals surface area (Å²) in [6, 6.07) is -0.880. The zero-order valence-corrected chi connectivity index (χ0v) is 26.0. The lowest BCUT2D eigenvalue weighted by Gasteiger charge is -2.62. The van der Waals surface area contributed by atoms with Gasteiger partial charge in [-0.3, -0.25) is 14.4 Å². The number of esters is 1. The normalized spacial score (nSPS) is 40.6. The SMILES string of the molecule is CCC(C)(C)C(=O)OC1CCC2(C)C(CCC3C2CC(O)C2(C)C(C(C)CCC(=O)NC(C)C(=O)O)CCC32)C1. The molecule has 0 spiro atoms. The predicted octanol–water partition coefficient (Wildman–Crippen LogP) is 5.97. The highest BCUT2D eigenvalue weighted by atomic mass is 16.5. The summed E-state index contributed by atoms with van der Waals surface area (Å²) in [5, 5.41) is 23.5. The number of rotatable bonds is 9. The zero-order valence-electron chi connectivity index (χ0n) is 26.0. The van der Waals surface area contributed by atoms with E-state index in [1.165, 1.54) is 19.8 Å². The molecule has 40 heavy (non-hydrogen) atoms. The Kier molecular flexibility index (Phi) is 9.05. The van der Waals surface area contributed by atoms with Crippen molar-refractivity contribution in [3.8, 4) is 0 Å². The second-order valence-corrected chi connectivity index (χ2v) is 15.1. The molecule has 0 aromatic heterocycles. The van der Waals surface area contributed by atoms with Gasteiger partial charge in [-0.25, -0.2) is 0 Å². The number of carbonyl (C=O) groups excluding carboxylic acids is 2. The summed E-state index contributed by atoms with van der Waals surface area (Å²) in [6.07, 6.45) is 9.82. The van der Waals surface area contributed by atoms with Gasteiger partial charge in [0.15, 0.2) is 0 Å². The van der Waals surface area contributed by atoms with Crippen molar-refractivity contribution >= 4 is 17.8 Å². The predicted molar refractivity (Wildman–Crippen MR) is 154 cm³/mol. The van der Waals surface area contributed by atoms with Crippen LogP contribution in [0.4, 0.5) is 0 Å². The van der Waals surface area contributed by atoms with Crippen molar-refractivity contribution in [2.24, 2.45) is 51.8 Å². The lowest BCUT2D eigenvalue weighted by atomic mass is 9.43. The maximum absolute atomic E-state index is 12.8. The minimum atomic E-state index is -1.02. The summed E-state index contributed by atoms with van der Waals surface area (Å²) < 4.78 is 6.05. The Morgan fingerprint density at radius 3 is 2.38 bits per heavy atom. The largest absolute Gasteiger partial charge is 0.480 e. The number of carboxylic acids is 1. The Morgan fingerprint density at radius 2 is 1.73 bits per heavy atom. The van der Waals surface area contributed by atoms with Gasteiger partial charge in [0, 0.05) is 6.42 Å². The van der Waals surface area contributed by atoms with Gasteiger partial charge in [0.05, 0.1) is 11.5 Å². The van der Waals surface area contributed by atoms with Gasteiger partial charge < -0.3 is 20.3 Å². The van der Waals surface area contributed by atoms with Crippen LogP contribution in [-0.2, 0) is 19.1 Å². The van der Waals surface area contributed by atoms with E-state index in [1.807, 2.05) is 20.8 Å². The zero-order chi connectivity index (χ0) is 29.6. The van der Waals surface area contributed by atoms with E-state index in [2.05, 4.69) is 26.1 Å². The molecule has 4 aliphatic carbocycles. The van der Waals surface area contributed by atoms with Crippen LogP contribution in [0, 0.1) is 51.8 Å². The maximum atomic E-state index is 12.8. The Morgan fingerprint density at radius 1 is 1.02 bits per heavy atom. The molecule has 4 rings (SSSR count). The van der Waals surface area contributed by atoms with Crippen LogP contribution in [0.25, 0.3) is 0 Å². The molecule has 0 bridgehead atoms. The number of aliphatic hydroxyl groups excluding tert-OH is 1. The van der Waals surface area contributed by atoms with Crippen molar-refractivity contribution in [1.82, 2.24) is 5.32 Å². The van der Waals surface area contributed by atoms with Crippen LogP contribution in [0.3, 0.4) is 0 Å². The summed E-state index contributed by atoms with van der Waals surface area (Å²) >= 11 is 0. The quantitative estimate of drug-likeness (QED) is 0.299. The molecule has 0 heterocycles. The van der Waals surface area contributed by atoms with Gasteiger partial charge in [-0.2, -0.15) is 0 Å². The summed E-state index contributed by atoms with van der Waals surface area (Å²) in [5.41, 5.74) is -0.405. The van der Waals surface area contributed by atoms with E-state index in [-0.39, 0.29) is 40.8 Å². The Labute approximate surface area is 241 Å². The fraction of sp³-hybridized carbons (Fsp3) is 0.909. The standard InChI is InChI=1S/C33H55NO6/c1-8-31(4,5)30(39)40-22-15-16-32(6)21(17-22)10-11-23-25-13-12-24(33(25,7)27(35)18-26(23)32)19(2)9-14-28(36)34-20(3)29(37)38/h19-27,35H,8-18H2,1-7H3,(H,34,36)(H,37,38). The molecular formula is C33H55NO6. The highest BCUT2D eigenvalue weighted by Crippen LogP contribution is 2.68. The van der Waals surface area contributed by atoms with Gasteiger partial charge in [-0.05, 0) is 131 Å². The summed E-state index contributed by atoms with van der Waals surface area (Å²) in [5.74, 6) is 1.49. The second kappa shape index (κ2) is 11.6. The van der Waals surface area contributed by atoms with Gasteiger partial charge >= 0.3 is 11.9 Å². The van der Waals surface area contributed by atoms with E-state index in [1.54, 1.807) is 0 Å². The van der Waals surface area contributed by atoms with Crippen LogP contribution >= 0.6 is 0 Å². The van der Waals surface area contributed by atoms with Crippen LogP contribution in [0.5, 0.6) is 0 Å². The van der Waals surface area contributed by atoms with Crippen LogP contribution < -0.4 is 5.32 Å². The minimum absolute atomic E-state index is 0.0131. The average molecular weight is 562 g/mol. The number of nitrogens with one attached hydrogen (secondary N) is 1. The topological polar surface area (TPSA) is 113 Å². The number of hydrogen-bond donors (Lipinski definition) is 3. The smallest absolute Gasteiger partial charge is 0.325 e. The van der Waals surface area contributed by atoms with Crippen molar-refractivity contribution in [2.45, 2.75) is 137 Å². The van der Waals surface area contributed by atoms with Crippen LogP contribution in [0.2, 0.25) is 0 Å². The van der Waals surface area contributed by atoms with Crippen LogP contribution in [0.15, 0.2) is 0 Å². The van der Waals surface area contributed by atoms with Crippen molar-refractivity contribution in [1.29, 1.82) is 0 Å². The summed E-state index contributed by atoms with van der Waals surface area (Å²) in [7, 11) is 0. The molecule has 0 aromatic carbocycles. The molecular weight excluding hydrogens is 506 g/mol. The number of ether oxygens (including phenoxy) is 1. The van der Waals surface area contributed by atoms with Gasteiger partial charge in [0.25, 0.3) is 0 Å². The van der Waals surface area contributed by atoms with Crippen molar-refractivity contribution in [3.63, 3.8) is 0 Å². The molecule has 11 atom stereocenters. The first-order valence-corrected chi connectivity index (χ1v) is 16.1. The molecule has 7 heteroatoms. The first kappa shape index (κ1) is 31.3. The third kappa shape index (κ3) is 5.57.